The van der Waals surface area contributed by atoms with Gasteiger partial charge in [-0.05, 0) is 12.1 Å². The summed E-state index contributed by atoms with van der Waals surface area (Å²) in [5, 5.41) is 7.99. The van der Waals surface area contributed by atoms with Gasteiger partial charge in [0.15, 0.2) is 5.16 Å². The number of rotatable bonds is 4. The molecule has 0 unspecified atom stereocenters. The molecule has 4 N–H and O–H groups in total. The molecule has 0 aliphatic rings. The fourth-order valence-corrected chi connectivity index (χ4v) is 2.12. The van der Waals surface area contributed by atoms with Crippen LogP contribution in [0.5, 0.6) is 0 Å². The fourth-order valence-electron chi connectivity index (χ4n) is 1.26. The lowest BCUT2D eigenvalue weighted by Crippen LogP contribution is -2.09. The van der Waals surface area contributed by atoms with E-state index in [1.54, 1.807) is 11.8 Å². The Hall–Kier alpha value is -1.49. The summed E-state index contributed by atoms with van der Waals surface area (Å²) in [6.45, 7) is 0. The molecule has 0 bridgehead atoms. The Morgan fingerprint density at radius 2 is 2.27 bits per heavy atom. The highest BCUT2D eigenvalue weighted by molar-refractivity contribution is 7.99. The average Bonchev–Trinajstić information content (AvgIpc) is 2.59. The van der Waals surface area contributed by atoms with E-state index < -0.39 is 0 Å². The maximum atomic E-state index is 7.10. The van der Waals surface area contributed by atoms with Crippen molar-refractivity contribution in [2.75, 3.05) is 5.75 Å². The minimum Gasteiger partial charge on any atom is -0.388 e. The first-order chi connectivity index (χ1) is 7.25. The summed E-state index contributed by atoms with van der Waals surface area (Å²) in [4.78, 5) is 7.62. The van der Waals surface area contributed by atoms with Crippen LogP contribution in [0.4, 0.5) is 0 Å². The van der Waals surface area contributed by atoms with E-state index in [4.69, 9.17) is 11.1 Å². The smallest absolute Gasteiger partial charge is 0.166 e. The third-order valence-corrected chi connectivity index (χ3v) is 2.85. The predicted molar refractivity (Wildman–Crippen MR) is 63.3 cm³/mol. The van der Waals surface area contributed by atoms with Crippen LogP contribution in [0.25, 0.3) is 11.0 Å². The van der Waals surface area contributed by atoms with Crippen LogP contribution in [0.15, 0.2) is 29.4 Å². The minimum absolute atomic E-state index is 0.221. The van der Waals surface area contributed by atoms with Gasteiger partial charge < -0.3 is 10.7 Å². The zero-order valence-electron chi connectivity index (χ0n) is 8.16. The van der Waals surface area contributed by atoms with Crippen LogP contribution in [0, 0.1) is 5.41 Å². The van der Waals surface area contributed by atoms with Crippen molar-refractivity contribution in [2.24, 2.45) is 5.73 Å². The summed E-state index contributed by atoms with van der Waals surface area (Å²) in [5.74, 6) is 1.01. The van der Waals surface area contributed by atoms with Gasteiger partial charge in [-0.25, -0.2) is 4.98 Å². The van der Waals surface area contributed by atoms with Crippen molar-refractivity contribution >= 4 is 28.6 Å². The lowest BCUT2D eigenvalue weighted by Gasteiger charge is -1.95. The van der Waals surface area contributed by atoms with E-state index in [9.17, 15) is 0 Å². The minimum atomic E-state index is 0.221. The summed E-state index contributed by atoms with van der Waals surface area (Å²) in [6.07, 6.45) is 0.599. The van der Waals surface area contributed by atoms with Gasteiger partial charge in [-0.1, -0.05) is 23.9 Å². The molecule has 0 saturated heterocycles. The third-order valence-electron chi connectivity index (χ3n) is 1.98. The summed E-state index contributed by atoms with van der Waals surface area (Å²) < 4.78 is 0. The van der Waals surface area contributed by atoms with E-state index in [-0.39, 0.29) is 5.84 Å². The van der Waals surface area contributed by atoms with Gasteiger partial charge in [0.05, 0.1) is 16.9 Å². The van der Waals surface area contributed by atoms with Crippen LogP contribution in [-0.4, -0.2) is 21.6 Å². The first-order valence-electron chi connectivity index (χ1n) is 4.66. The summed E-state index contributed by atoms with van der Waals surface area (Å²) in [6, 6.07) is 7.91. The topological polar surface area (TPSA) is 78.6 Å². The number of benzene rings is 1. The maximum Gasteiger partial charge on any atom is 0.166 e. The molecule has 1 aromatic carbocycles. The number of aromatic amines is 1. The predicted octanol–water partition coefficient (Wildman–Crippen LogP) is 1.98. The van der Waals surface area contributed by atoms with E-state index >= 15 is 0 Å². The van der Waals surface area contributed by atoms with Crippen molar-refractivity contribution < 1.29 is 0 Å². The number of hydrogen-bond acceptors (Lipinski definition) is 3. The Morgan fingerprint density at radius 3 is 3.00 bits per heavy atom. The normalized spacial score (nSPS) is 10.7. The quantitative estimate of drug-likeness (QED) is 0.419. The molecule has 78 valence electrons. The van der Waals surface area contributed by atoms with Gasteiger partial charge in [-0.2, -0.15) is 0 Å². The molecule has 2 aromatic rings. The highest BCUT2D eigenvalue weighted by atomic mass is 32.2. The highest BCUT2D eigenvalue weighted by Crippen LogP contribution is 2.19. The number of aromatic nitrogens is 2. The molecular formula is C10H12N4S. The number of amidine groups is 1. The molecule has 0 aliphatic carbocycles. The van der Waals surface area contributed by atoms with Gasteiger partial charge in [0, 0.05) is 12.2 Å². The number of nitrogens with zero attached hydrogens (tertiary/aromatic N) is 1. The third kappa shape index (κ3) is 2.50. The number of H-pyrrole nitrogens is 1. The second-order valence-electron chi connectivity index (χ2n) is 3.18. The van der Waals surface area contributed by atoms with Crippen molar-refractivity contribution in [3.8, 4) is 0 Å². The van der Waals surface area contributed by atoms with Gasteiger partial charge in [0.2, 0.25) is 0 Å². The molecule has 0 amide bonds. The lowest BCUT2D eigenvalue weighted by molar-refractivity contribution is 1.07. The van der Waals surface area contributed by atoms with Crippen LogP contribution >= 0.6 is 11.8 Å². The molecule has 5 heteroatoms. The Bertz CT molecular complexity index is 444. The van der Waals surface area contributed by atoms with E-state index in [0.717, 1.165) is 21.9 Å². The molecule has 0 fully saturated rings. The Morgan fingerprint density at radius 1 is 1.47 bits per heavy atom. The number of nitrogens with two attached hydrogens (primary N) is 1. The molecule has 15 heavy (non-hydrogen) atoms. The number of para-hydroxylation sites is 2. The number of hydrogen-bond donors (Lipinski definition) is 3. The summed E-state index contributed by atoms with van der Waals surface area (Å²) in [7, 11) is 0. The van der Waals surface area contributed by atoms with Crippen LogP contribution in [0.2, 0.25) is 0 Å². The van der Waals surface area contributed by atoms with Crippen LogP contribution in [-0.2, 0) is 0 Å². The highest BCUT2D eigenvalue weighted by Gasteiger charge is 2.02. The van der Waals surface area contributed by atoms with Crippen LogP contribution in [0.1, 0.15) is 6.42 Å². The van der Waals surface area contributed by atoms with E-state index in [1.807, 2.05) is 24.3 Å². The first kappa shape index (κ1) is 10.0. The summed E-state index contributed by atoms with van der Waals surface area (Å²) in [5.41, 5.74) is 7.29. The first-order valence-corrected chi connectivity index (χ1v) is 5.65. The monoisotopic (exact) mass is 220 g/mol. The Balaban J connectivity index is 2.05. The molecule has 0 atom stereocenters. The van der Waals surface area contributed by atoms with Crippen LogP contribution in [0.3, 0.4) is 0 Å². The second kappa shape index (κ2) is 4.35. The van der Waals surface area contributed by atoms with Crippen molar-refractivity contribution in [2.45, 2.75) is 11.6 Å². The molecule has 1 heterocycles. The maximum absolute atomic E-state index is 7.10. The molecule has 0 aliphatic heterocycles. The molecule has 0 radical (unpaired) electrons. The van der Waals surface area contributed by atoms with Crippen molar-refractivity contribution in [3.05, 3.63) is 24.3 Å². The molecule has 0 saturated carbocycles. The van der Waals surface area contributed by atoms with Gasteiger partial charge >= 0.3 is 0 Å². The van der Waals surface area contributed by atoms with Crippen molar-refractivity contribution in [3.63, 3.8) is 0 Å². The van der Waals surface area contributed by atoms with Gasteiger partial charge in [-0.15, -0.1) is 0 Å². The van der Waals surface area contributed by atoms with E-state index in [1.165, 1.54) is 0 Å². The van der Waals surface area contributed by atoms with Gasteiger partial charge in [0.1, 0.15) is 0 Å². The molecular weight excluding hydrogens is 208 g/mol. The number of thioether (sulfide) groups is 1. The van der Waals surface area contributed by atoms with E-state index in [2.05, 4.69) is 9.97 Å². The molecule has 4 nitrogen and oxygen atoms in total. The number of imidazole rings is 1. The van der Waals surface area contributed by atoms with E-state index in [0.29, 0.717) is 6.42 Å². The Labute approximate surface area is 91.8 Å². The van der Waals surface area contributed by atoms with Crippen molar-refractivity contribution in [1.82, 2.24) is 9.97 Å². The summed E-state index contributed by atoms with van der Waals surface area (Å²) >= 11 is 1.59. The zero-order chi connectivity index (χ0) is 10.7. The number of nitrogens with one attached hydrogen (secondary N) is 2. The molecule has 1 aromatic heterocycles. The average molecular weight is 220 g/mol. The fraction of sp³-hybridized carbons (Fsp3) is 0.200. The Kier molecular flexibility index (Phi) is 2.91. The van der Waals surface area contributed by atoms with Gasteiger partial charge in [0.25, 0.3) is 0 Å². The SMILES string of the molecule is N=C(N)CCSc1nc2ccccc2[nH]1. The number of fused-ring (bicyclic) bond motifs is 1. The zero-order valence-corrected chi connectivity index (χ0v) is 8.97. The standard InChI is InChI=1S/C10H12N4S/c11-9(12)5-6-15-10-13-7-3-1-2-4-8(7)14-10/h1-4H,5-6H2,(H3,11,12)(H,13,14). The van der Waals surface area contributed by atoms with Crippen LogP contribution < -0.4 is 5.73 Å². The van der Waals surface area contributed by atoms with Gasteiger partial charge in [-0.3, -0.25) is 5.41 Å². The largest absolute Gasteiger partial charge is 0.388 e. The molecule has 2 rings (SSSR count). The second-order valence-corrected chi connectivity index (χ2v) is 4.27. The van der Waals surface area contributed by atoms with Crippen molar-refractivity contribution in [1.29, 1.82) is 5.41 Å². The molecule has 0 spiro atoms. The lowest BCUT2D eigenvalue weighted by atomic mass is 10.3.